The molecular formula is C44H39N3Pt. The van der Waals surface area contributed by atoms with Gasteiger partial charge in [0.25, 0.3) is 0 Å². The molecule has 0 radical (unpaired) electrons. The summed E-state index contributed by atoms with van der Waals surface area (Å²) in [5.74, 6) is 0. The van der Waals surface area contributed by atoms with Crippen molar-refractivity contribution in [2.45, 2.75) is 52.4 Å². The number of para-hydroxylation sites is 1. The van der Waals surface area contributed by atoms with Crippen molar-refractivity contribution >= 4 is 54.0 Å². The van der Waals surface area contributed by atoms with Crippen molar-refractivity contribution in [3.8, 4) is 0 Å². The van der Waals surface area contributed by atoms with Crippen LogP contribution in [0.25, 0.3) is 24.6 Å². The molecule has 0 aromatic heterocycles. The molecule has 0 fully saturated rings. The molecule has 0 unspecified atom stereocenters. The molecule has 0 heterocycles. The van der Waals surface area contributed by atoms with E-state index in [-0.39, 0.29) is 31.9 Å². The van der Waals surface area contributed by atoms with Gasteiger partial charge in [-0.1, -0.05) is 95.5 Å². The van der Waals surface area contributed by atoms with Gasteiger partial charge in [0, 0.05) is 5.69 Å². The van der Waals surface area contributed by atoms with Crippen molar-refractivity contribution in [3.05, 3.63) is 157 Å². The molecule has 0 N–H and O–H groups in total. The minimum Gasteiger partial charge on any atom is -0.346 e. The topological polar surface area (TPSA) is 28.0 Å². The molecule has 0 amide bonds. The predicted molar refractivity (Wildman–Crippen MR) is 199 cm³/mol. The number of rotatable bonds is 5. The zero-order chi connectivity index (χ0) is 33.1. The average molecular weight is 805 g/mol. The number of nitrogens with zero attached hydrogens (tertiary/aromatic N) is 3. The van der Waals surface area contributed by atoms with E-state index in [9.17, 15) is 0 Å². The molecule has 0 saturated carbocycles. The van der Waals surface area contributed by atoms with Gasteiger partial charge in [-0.2, -0.15) is 0 Å². The average Bonchev–Trinajstić information content (AvgIpc) is 3.06. The van der Waals surface area contributed by atoms with Crippen LogP contribution in [0.1, 0.15) is 74.9 Å². The summed E-state index contributed by atoms with van der Waals surface area (Å²) in [6, 6.07) is 39.7. The summed E-state index contributed by atoms with van der Waals surface area (Å²) in [4.78, 5) is 12.1. The maximum Gasteiger partial charge on any atom is 2.00 e. The van der Waals surface area contributed by atoms with E-state index in [0.29, 0.717) is 0 Å². The first-order valence-corrected chi connectivity index (χ1v) is 16.2. The molecule has 5 aromatic rings. The Bertz CT molecular complexity index is 2220. The molecule has 3 nitrogen and oxygen atoms in total. The molecule has 48 heavy (non-hydrogen) atoms. The van der Waals surface area contributed by atoms with Crippen LogP contribution in [-0.4, -0.2) is 12.4 Å². The second kappa shape index (κ2) is 12.5. The Morgan fingerprint density at radius 1 is 0.562 bits per heavy atom. The number of aliphatic imine (C=N–C) groups is 2. The summed E-state index contributed by atoms with van der Waals surface area (Å²) in [5.41, 5.74) is 11.0. The summed E-state index contributed by atoms with van der Waals surface area (Å²) in [6.07, 6.45) is 3.73. The number of hydrogen-bond donors (Lipinski definition) is 0. The summed E-state index contributed by atoms with van der Waals surface area (Å²) in [6.45, 7) is 21.9. The van der Waals surface area contributed by atoms with Gasteiger partial charge >= 0.3 is 21.1 Å². The van der Waals surface area contributed by atoms with E-state index in [0.717, 1.165) is 60.5 Å². The first kappa shape index (κ1) is 33.3. The van der Waals surface area contributed by atoms with E-state index in [1.807, 2.05) is 32.3 Å². The zero-order valence-electron chi connectivity index (χ0n) is 28.4. The van der Waals surface area contributed by atoms with Gasteiger partial charge in [-0.15, -0.1) is 58.7 Å². The summed E-state index contributed by atoms with van der Waals surface area (Å²) in [5, 5.41) is 4.11. The Kier molecular flexibility index (Phi) is 8.64. The Hall–Kier alpha value is -4.59. The van der Waals surface area contributed by atoms with E-state index >= 15 is 0 Å². The molecule has 2 aliphatic rings. The molecule has 4 heteroatoms. The van der Waals surface area contributed by atoms with Crippen LogP contribution >= 0.6 is 0 Å². The molecular weight excluding hydrogens is 766 g/mol. The molecule has 5 aromatic carbocycles. The van der Waals surface area contributed by atoms with Gasteiger partial charge in [0.1, 0.15) is 0 Å². The molecule has 0 saturated heterocycles. The Morgan fingerprint density at radius 2 is 1.00 bits per heavy atom. The van der Waals surface area contributed by atoms with Crippen LogP contribution in [-0.2, 0) is 31.9 Å². The van der Waals surface area contributed by atoms with Crippen molar-refractivity contribution < 1.29 is 21.1 Å². The first-order chi connectivity index (χ1) is 22.6. The zero-order valence-corrected chi connectivity index (χ0v) is 30.7. The Balaban J connectivity index is 0.00000401. The maximum absolute atomic E-state index is 4.94. The fourth-order valence-electron chi connectivity index (χ4n) is 7.48. The molecule has 7 rings (SSSR count). The molecule has 0 spiro atoms. The van der Waals surface area contributed by atoms with Crippen LogP contribution in [0.5, 0.6) is 0 Å². The molecule has 0 aliphatic heterocycles. The molecule has 240 valence electrons. The van der Waals surface area contributed by atoms with Crippen LogP contribution in [0.4, 0.5) is 17.1 Å². The predicted octanol–water partition coefficient (Wildman–Crippen LogP) is 7.35. The monoisotopic (exact) mass is 804 g/mol. The minimum atomic E-state index is -0.247. The Labute approximate surface area is 298 Å². The number of anilines is 3. The summed E-state index contributed by atoms with van der Waals surface area (Å²) >= 11 is 0. The van der Waals surface area contributed by atoms with Gasteiger partial charge in [0.2, 0.25) is 0 Å². The van der Waals surface area contributed by atoms with Gasteiger partial charge in [-0.05, 0) is 104 Å². The SMILES string of the molecule is C=c1cccc2c1=C(N=CC)c1[c-]c(N(c3[c-]c4c(cc3)C(C)(C)c3cccc(=C)c3=C4N=CC)c3ccccc3)ccc1C2(C)C.[Pt+2]. The number of hydrogen-bond acceptors (Lipinski definition) is 3. The molecule has 2 aliphatic carbocycles. The van der Waals surface area contributed by atoms with Crippen molar-refractivity contribution in [1.29, 1.82) is 0 Å². The van der Waals surface area contributed by atoms with Crippen LogP contribution in [0, 0.1) is 12.1 Å². The summed E-state index contributed by atoms with van der Waals surface area (Å²) < 4.78 is 0. The number of benzene rings is 5. The van der Waals surface area contributed by atoms with Crippen LogP contribution in [0.15, 0.2) is 101 Å². The van der Waals surface area contributed by atoms with E-state index in [2.05, 4.69) is 143 Å². The van der Waals surface area contributed by atoms with E-state index in [4.69, 9.17) is 9.98 Å². The van der Waals surface area contributed by atoms with E-state index in [1.165, 1.54) is 22.3 Å². The summed E-state index contributed by atoms with van der Waals surface area (Å²) in [7, 11) is 0. The maximum atomic E-state index is 4.94. The van der Waals surface area contributed by atoms with Crippen molar-refractivity contribution in [2.75, 3.05) is 4.90 Å². The quantitative estimate of drug-likeness (QED) is 0.135. The second-order valence-corrected chi connectivity index (χ2v) is 13.3. The van der Waals surface area contributed by atoms with Crippen molar-refractivity contribution in [3.63, 3.8) is 0 Å². The van der Waals surface area contributed by atoms with Crippen LogP contribution in [0.3, 0.4) is 0 Å². The molecule has 0 atom stereocenters. The first-order valence-electron chi connectivity index (χ1n) is 16.2. The minimum absolute atomic E-state index is 0. The third-order valence-corrected chi connectivity index (χ3v) is 9.82. The van der Waals surface area contributed by atoms with E-state index < -0.39 is 0 Å². The third kappa shape index (κ3) is 5.08. The van der Waals surface area contributed by atoms with Crippen LogP contribution < -0.4 is 25.8 Å². The van der Waals surface area contributed by atoms with Gasteiger partial charge in [0.05, 0.1) is 0 Å². The van der Waals surface area contributed by atoms with Gasteiger partial charge in [-0.25, -0.2) is 0 Å². The van der Waals surface area contributed by atoms with Crippen molar-refractivity contribution in [2.24, 2.45) is 9.98 Å². The smallest absolute Gasteiger partial charge is 0.346 e. The number of fused-ring (bicyclic) bond motifs is 4. The second-order valence-electron chi connectivity index (χ2n) is 13.3. The normalized spacial score (nSPS) is 15.4. The Morgan fingerprint density at radius 3 is 1.42 bits per heavy atom. The third-order valence-electron chi connectivity index (χ3n) is 9.82. The van der Waals surface area contributed by atoms with Gasteiger partial charge < -0.3 is 14.9 Å². The fourth-order valence-corrected chi connectivity index (χ4v) is 7.48. The molecule has 0 bridgehead atoms. The van der Waals surface area contributed by atoms with E-state index in [1.54, 1.807) is 0 Å². The van der Waals surface area contributed by atoms with Crippen molar-refractivity contribution in [1.82, 2.24) is 0 Å². The fraction of sp³-hybridized carbons (Fsp3) is 0.182. The largest absolute Gasteiger partial charge is 2.00 e. The van der Waals surface area contributed by atoms with Gasteiger partial charge in [0.15, 0.2) is 0 Å². The van der Waals surface area contributed by atoms with Gasteiger partial charge in [-0.3, -0.25) is 0 Å². The standard InChI is InChI=1S/C44H39N3.Pt/c1-9-45-41-33-26-31(22-24-35(33)43(5,6)37-20-14-16-28(3)39(37)41)47(30-18-12-11-13-19-30)32-23-25-36-34(27-32)42(46-10-2)40-29(4)17-15-21-38(40)44(36,7)8;/h9-25H,3-4H2,1-2,5-8H3;/q-2;+2. The van der Waals surface area contributed by atoms with Crippen LogP contribution in [0.2, 0.25) is 0 Å².